The minimum Gasteiger partial charge on any atom is -0.317 e. The van der Waals surface area contributed by atoms with Crippen molar-refractivity contribution in [1.82, 2.24) is 10.2 Å². The molecule has 0 aliphatic carbocycles. The Labute approximate surface area is 102 Å². The van der Waals surface area contributed by atoms with E-state index in [1.807, 2.05) is 13.8 Å². The molecule has 2 heterocycles. The predicted octanol–water partition coefficient (Wildman–Crippen LogP) is 2.89. The number of nitrogens with one attached hydrogen (secondary N) is 1. The third-order valence-corrected chi connectivity index (χ3v) is 4.05. The van der Waals surface area contributed by atoms with E-state index in [0.717, 1.165) is 12.0 Å². The fourth-order valence-corrected chi connectivity index (χ4v) is 2.90. The van der Waals surface area contributed by atoms with Gasteiger partial charge >= 0.3 is 0 Å². The highest BCUT2D eigenvalue weighted by Crippen LogP contribution is 2.23. The summed E-state index contributed by atoms with van der Waals surface area (Å²) in [5.74, 6) is 1.02. The molecule has 2 fully saturated rings. The van der Waals surface area contributed by atoms with Crippen molar-refractivity contribution in [3.63, 3.8) is 0 Å². The normalized spacial score (nSPS) is 24.9. The van der Waals surface area contributed by atoms with Gasteiger partial charge in [-0.3, -0.25) is 0 Å². The van der Waals surface area contributed by atoms with Crippen LogP contribution in [0, 0.1) is 5.92 Å². The molecule has 0 saturated carbocycles. The topological polar surface area (TPSA) is 15.3 Å². The molecule has 0 bridgehead atoms. The predicted molar refractivity (Wildman–Crippen MR) is 71.8 cm³/mol. The van der Waals surface area contributed by atoms with E-state index in [-0.39, 0.29) is 0 Å². The maximum absolute atomic E-state index is 3.45. The van der Waals surface area contributed by atoms with Crippen LogP contribution in [0.2, 0.25) is 0 Å². The molecule has 0 spiro atoms. The maximum Gasteiger partial charge on any atom is 0.0119 e. The average molecular weight is 226 g/mol. The number of hydrogen-bond acceptors (Lipinski definition) is 2. The third-order valence-electron chi connectivity index (χ3n) is 4.05. The van der Waals surface area contributed by atoms with Gasteiger partial charge in [-0.05, 0) is 57.8 Å². The SMILES string of the molecule is CC.CCC1CCN(C2CCNCC2)CC1. The van der Waals surface area contributed by atoms with Crippen LogP contribution in [-0.2, 0) is 0 Å². The molecular weight excluding hydrogens is 196 g/mol. The summed E-state index contributed by atoms with van der Waals surface area (Å²) < 4.78 is 0. The van der Waals surface area contributed by atoms with E-state index >= 15 is 0 Å². The van der Waals surface area contributed by atoms with E-state index in [2.05, 4.69) is 17.1 Å². The molecule has 2 heteroatoms. The van der Waals surface area contributed by atoms with Gasteiger partial charge in [-0.15, -0.1) is 0 Å². The van der Waals surface area contributed by atoms with Gasteiger partial charge < -0.3 is 10.2 Å². The second-order valence-electron chi connectivity index (χ2n) is 4.87. The Morgan fingerprint density at radius 3 is 2.06 bits per heavy atom. The molecule has 0 aromatic carbocycles. The molecular formula is C14H30N2. The third kappa shape index (κ3) is 4.06. The van der Waals surface area contributed by atoms with Crippen LogP contribution in [0.4, 0.5) is 0 Å². The zero-order valence-electron chi connectivity index (χ0n) is 11.5. The molecule has 0 radical (unpaired) electrons. The van der Waals surface area contributed by atoms with Gasteiger partial charge in [0.1, 0.15) is 0 Å². The van der Waals surface area contributed by atoms with Gasteiger partial charge in [0.05, 0.1) is 0 Å². The number of rotatable bonds is 2. The van der Waals surface area contributed by atoms with Gasteiger partial charge in [0.25, 0.3) is 0 Å². The smallest absolute Gasteiger partial charge is 0.0119 e. The first-order valence-electron chi connectivity index (χ1n) is 7.35. The second kappa shape index (κ2) is 8.08. The summed E-state index contributed by atoms with van der Waals surface area (Å²) in [6.45, 7) is 11.5. The Morgan fingerprint density at radius 1 is 1.00 bits per heavy atom. The van der Waals surface area contributed by atoms with E-state index in [9.17, 15) is 0 Å². The van der Waals surface area contributed by atoms with Crippen LogP contribution in [0.1, 0.15) is 52.9 Å². The molecule has 2 nitrogen and oxygen atoms in total. The molecule has 16 heavy (non-hydrogen) atoms. The average Bonchev–Trinajstić information content (AvgIpc) is 2.42. The van der Waals surface area contributed by atoms with Gasteiger partial charge in [0.2, 0.25) is 0 Å². The Bertz CT molecular complexity index is 156. The van der Waals surface area contributed by atoms with Crippen LogP contribution >= 0.6 is 0 Å². The molecule has 0 atom stereocenters. The molecule has 0 aromatic heterocycles. The molecule has 0 aromatic rings. The molecule has 96 valence electrons. The van der Waals surface area contributed by atoms with Crippen molar-refractivity contribution in [2.75, 3.05) is 26.2 Å². The van der Waals surface area contributed by atoms with Gasteiger partial charge in [0, 0.05) is 6.04 Å². The Hall–Kier alpha value is -0.0800. The Kier molecular flexibility index (Phi) is 7.06. The number of piperidine rings is 2. The molecule has 2 saturated heterocycles. The molecule has 0 amide bonds. The van der Waals surface area contributed by atoms with Gasteiger partial charge in [0.15, 0.2) is 0 Å². The zero-order valence-corrected chi connectivity index (χ0v) is 11.5. The summed E-state index contributed by atoms with van der Waals surface area (Å²) >= 11 is 0. The van der Waals surface area contributed by atoms with E-state index in [1.165, 1.54) is 58.3 Å². The van der Waals surface area contributed by atoms with Crippen molar-refractivity contribution in [1.29, 1.82) is 0 Å². The summed E-state index contributed by atoms with van der Waals surface area (Å²) in [4.78, 5) is 2.74. The second-order valence-corrected chi connectivity index (χ2v) is 4.87. The highest BCUT2D eigenvalue weighted by molar-refractivity contribution is 4.81. The lowest BCUT2D eigenvalue weighted by Gasteiger charge is -2.39. The van der Waals surface area contributed by atoms with E-state index in [0.29, 0.717) is 0 Å². The van der Waals surface area contributed by atoms with Crippen molar-refractivity contribution in [2.24, 2.45) is 5.92 Å². The lowest BCUT2D eigenvalue weighted by atomic mass is 9.92. The standard InChI is InChI=1S/C12H24N2.C2H6/c1-2-11-5-9-14(10-6-11)12-3-7-13-8-4-12;1-2/h11-13H,2-10H2,1H3;1-2H3. The molecule has 2 aliphatic heterocycles. The van der Waals surface area contributed by atoms with Crippen LogP contribution in [-0.4, -0.2) is 37.1 Å². The summed E-state index contributed by atoms with van der Waals surface area (Å²) in [7, 11) is 0. The van der Waals surface area contributed by atoms with Crippen molar-refractivity contribution in [3.8, 4) is 0 Å². The summed E-state index contributed by atoms with van der Waals surface area (Å²) in [5, 5.41) is 3.45. The van der Waals surface area contributed by atoms with Gasteiger partial charge in [-0.2, -0.15) is 0 Å². The first-order valence-corrected chi connectivity index (χ1v) is 7.35. The van der Waals surface area contributed by atoms with Gasteiger partial charge in [-0.1, -0.05) is 27.2 Å². The van der Waals surface area contributed by atoms with Crippen molar-refractivity contribution in [3.05, 3.63) is 0 Å². The number of hydrogen-bond donors (Lipinski definition) is 1. The van der Waals surface area contributed by atoms with Gasteiger partial charge in [-0.25, -0.2) is 0 Å². The Balaban J connectivity index is 0.000000606. The minimum absolute atomic E-state index is 0.897. The number of likely N-dealkylation sites (tertiary alicyclic amines) is 1. The fourth-order valence-electron chi connectivity index (χ4n) is 2.90. The quantitative estimate of drug-likeness (QED) is 0.779. The summed E-state index contributed by atoms with van der Waals surface area (Å²) in [6.07, 6.45) is 7.02. The Morgan fingerprint density at radius 2 is 1.56 bits per heavy atom. The minimum atomic E-state index is 0.897. The summed E-state index contributed by atoms with van der Waals surface area (Å²) in [6, 6.07) is 0.897. The molecule has 2 aliphatic rings. The van der Waals surface area contributed by atoms with E-state index in [4.69, 9.17) is 0 Å². The first-order chi connectivity index (χ1) is 7.90. The van der Waals surface area contributed by atoms with Crippen LogP contribution in [0.5, 0.6) is 0 Å². The number of nitrogens with zero attached hydrogens (tertiary/aromatic N) is 1. The van der Waals surface area contributed by atoms with Crippen molar-refractivity contribution in [2.45, 2.75) is 58.9 Å². The van der Waals surface area contributed by atoms with E-state index in [1.54, 1.807) is 0 Å². The van der Waals surface area contributed by atoms with Crippen LogP contribution in [0.25, 0.3) is 0 Å². The zero-order chi connectivity index (χ0) is 11.8. The largest absolute Gasteiger partial charge is 0.317 e. The maximum atomic E-state index is 3.45. The molecule has 1 N–H and O–H groups in total. The monoisotopic (exact) mass is 226 g/mol. The van der Waals surface area contributed by atoms with Crippen LogP contribution in [0.15, 0.2) is 0 Å². The van der Waals surface area contributed by atoms with Crippen LogP contribution < -0.4 is 5.32 Å². The first kappa shape index (κ1) is 14.0. The molecule has 2 rings (SSSR count). The van der Waals surface area contributed by atoms with E-state index < -0.39 is 0 Å². The highest BCUT2D eigenvalue weighted by Gasteiger charge is 2.24. The lowest BCUT2D eigenvalue weighted by molar-refractivity contribution is 0.110. The summed E-state index contributed by atoms with van der Waals surface area (Å²) in [5.41, 5.74) is 0. The van der Waals surface area contributed by atoms with Crippen molar-refractivity contribution >= 4 is 0 Å². The molecule has 0 unspecified atom stereocenters. The lowest BCUT2D eigenvalue weighted by Crippen LogP contribution is -2.46. The van der Waals surface area contributed by atoms with Crippen LogP contribution in [0.3, 0.4) is 0 Å². The fraction of sp³-hybridized carbons (Fsp3) is 1.00. The highest BCUT2D eigenvalue weighted by atomic mass is 15.2. The van der Waals surface area contributed by atoms with Crippen molar-refractivity contribution < 1.29 is 0 Å².